The van der Waals surface area contributed by atoms with Crippen LogP contribution in [0.5, 0.6) is 5.75 Å². The molecule has 0 amide bonds. The first-order chi connectivity index (χ1) is 28.5. The molecule has 4 nitrogen and oxygen atoms in total. The Morgan fingerprint density at radius 1 is 0.550 bits per heavy atom. The Kier molecular flexibility index (Phi) is 11.0. The number of nitrogens with zero attached hydrogens (tertiary/aromatic N) is 3. The van der Waals surface area contributed by atoms with Crippen molar-refractivity contribution in [3.8, 4) is 78.6 Å². The molecular weight excluding hydrogens is 914 g/mol. The van der Waals surface area contributed by atoms with Crippen molar-refractivity contribution in [1.82, 2.24) is 14.5 Å². The zero-order chi connectivity index (χ0) is 40.8. The fourth-order valence-corrected chi connectivity index (χ4v) is 7.97. The van der Waals surface area contributed by atoms with Crippen LogP contribution in [-0.4, -0.2) is 19.6 Å². The van der Waals surface area contributed by atoms with Crippen LogP contribution in [0.15, 0.2) is 164 Å². The minimum Gasteiger partial charge on any atom is -0.507 e. The van der Waals surface area contributed by atoms with Crippen LogP contribution < -0.4 is 0 Å². The van der Waals surface area contributed by atoms with E-state index in [9.17, 15) is 5.11 Å². The molecule has 0 unspecified atom stereocenters. The van der Waals surface area contributed by atoms with Gasteiger partial charge in [0.2, 0.25) is 0 Å². The first-order valence-corrected chi connectivity index (χ1v) is 20.2. The van der Waals surface area contributed by atoms with Gasteiger partial charge in [-0.2, -0.15) is 0 Å². The number of pyridine rings is 1. The number of hydrogen-bond donors (Lipinski definition) is 1. The monoisotopic (exact) mass is 959 g/mol. The molecule has 298 valence electrons. The van der Waals surface area contributed by atoms with Gasteiger partial charge < -0.3 is 5.11 Å². The quantitative estimate of drug-likeness (QED) is 0.162. The molecule has 7 aromatic carbocycles. The standard InChI is InChI=1S/C55H46N3O.Pt/c1-35-20-23-39(24-21-35)41-26-27-56-49(33-41)44-31-42(38-14-9-7-10-15-38)30-43(32-44)46-18-13-19-51-52(46)57-54(48-34-45(55(4,5)6)29-37(3)53(48)59)58(51)50-25-22-36(2)28-47(50)40-16-11-8-12-17-40;/h7-31,33-34,59H,1-6H3;/q-1;. The van der Waals surface area contributed by atoms with E-state index >= 15 is 0 Å². The summed E-state index contributed by atoms with van der Waals surface area (Å²) in [5.41, 5.74) is 17.7. The van der Waals surface area contributed by atoms with Gasteiger partial charge in [-0.25, -0.2) is 4.98 Å². The maximum absolute atomic E-state index is 11.9. The van der Waals surface area contributed by atoms with Gasteiger partial charge in [0, 0.05) is 38.5 Å². The first-order valence-electron chi connectivity index (χ1n) is 20.2. The molecule has 0 saturated carbocycles. The molecule has 0 aliphatic rings. The number of phenolic OH excluding ortho intramolecular Hbond substituents is 1. The van der Waals surface area contributed by atoms with E-state index in [0.717, 1.165) is 89.2 Å². The molecule has 0 radical (unpaired) electrons. The molecule has 0 atom stereocenters. The SMILES string of the molecule is Cc1ccc(-c2ccnc(-c3[c-]c(-c4cccc5c4nc(-c4cc(C(C)(C)C)cc(C)c4O)n5-c4ccc(C)cc4-c4ccccc4)cc(-c4ccccc4)c3)c2)cc1.[Pt]. The molecular formula is C55H46N3OPt-. The molecule has 5 heteroatoms. The van der Waals surface area contributed by atoms with Gasteiger partial charge >= 0.3 is 0 Å². The van der Waals surface area contributed by atoms with Crippen molar-refractivity contribution < 1.29 is 26.2 Å². The van der Waals surface area contributed by atoms with Crippen molar-refractivity contribution in [2.45, 2.75) is 47.0 Å². The third-order valence-electron chi connectivity index (χ3n) is 11.3. The van der Waals surface area contributed by atoms with Crippen molar-refractivity contribution in [1.29, 1.82) is 0 Å². The summed E-state index contributed by atoms with van der Waals surface area (Å²) in [6, 6.07) is 59.1. The van der Waals surface area contributed by atoms with Crippen LogP contribution in [0.3, 0.4) is 0 Å². The maximum Gasteiger partial charge on any atom is 0.148 e. The molecule has 2 heterocycles. The Morgan fingerprint density at radius 3 is 1.93 bits per heavy atom. The van der Waals surface area contributed by atoms with Crippen LogP contribution in [0.25, 0.3) is 83.9 Å². The molecule has 0 spiro atoms. The summed E-state index contributed by atoms with van der Waals surface area (Å²) in [4.78, 5) is 10.4. The number of aromatic nitrogens is 3. The number of aromatic hydroxyl groups is 1. The van der Waals surface area contributed by atoms with Crippen LogP contribution in [0.1, 0.15) is 43.0 Å². The Morgan fingerprint density at radius 2 is 1.22 bits per heavy atom. The predicted octanol–water partition coefficient (Wildman–Crippen LogP) is 14.1. The molecule has 9 rings (SSSR count). The number of aryl methyl sites for hydroxylation is 3. The molecule has 0 aliphatic heterocycles. The molecule has 0 bridgehead atoms. The summed E-state index contributed by atoms with van der Waals surface area (Å²) in [6.45, 7) is 12.8. The number of benzene rings is 7. The van der Waals surface area contributed by atoms with E-state index in [1.807, 2.05) is 25.3 Å². The van der Waals surface area contributed by atoms with Crippen LogP contribution in [0.4, 0.5) is 0 Å². The third kappa shape index (κ3) is 7.76. The van der Waals surface area contributed by atoms with Crippen molar-refractivity contribution in [3.63, 3.8) is 0 Å². The van der Waals surface area contributed by atoms with Crippen molar-refractivity contribution >= 4 is 11.0 Å². The largest absolute Gasteiger partial charge is 0.507 e. The Labute approximate surface area is 367 Å². The molecule has 0 saturated heterocycles. The first kappa shape index (κ1) is 40.4. The minimum absolute atomic E-state index is 0. The molecule has 0 aliphatic carbocycles. The van der Waals surface area contributed by atoms with E-state index in [4.69, 9.17) is 9.97 Å². The number of fused-ring (bicyclic) bond motifs is 1. The smallest absolute Gasteiger partial charge is 0.148 e. The number of phenols is 1. The van der Waals surface area contributed by atoms with Gasteiger partial charge in [-0.05, 0) is 89.9 Å². The number of para-hydroxylation sites is 1. The zero-order valence-electron chi connectivity index (χ0n) is 34.7. The average molecular weight is 960 g/mol. The van der Waals surface area contributed by atoms with Gasteiger partial charge in [0.05, 0.1) is 22.3 Å². The van der Waals surface area contributed by atoms with Gasteiger partial charge in [-0.15, -0.1) is 23.8 Å². The van der Waals surface area contributed by atoms with Crippen LogP contribution in [0.2, 0.25) is 0 Å². The molecule has 60 heavy (non-hydrogen) atoms. The number of imidazole rings is 1. The Balaban J connectivity index is 0.00000499. The van der Waals surface area contributed by atoms with Gasteiger partial charge in [0.1, 0.15) is 11.6 Å². The summed E-state index contributed by atoms with van der Waals surface area (Å²) in [5.74, 6) is 0.899. The van der Waals surface area contributed by atoms with Crippen molar-refractivity contribution in [3.05, 3.63) is 192 Å². The maximum atomic E-state index is 11.9. The van der Waals surface area contributed by atoms with E-state index in [0.29, 0.717) is 11.4 Å². The Hall–Kier alpha value is -6.35. The van der Waals surface area contributed by atoms with Crippen LogP contribution >= 0.6 is 0 Å². The molecule has 0 fully saturated rings. The van der Waals surface area contributed by atoms with Crippen LogP contribution in [-0.2, 0) is 26.5 Å². The Bertz CT molecular complexity index is 3000. The molecule has 1 N–H and O–H groups in total. The van der Waals surface area contributed by atoms with Crippen molar-refractivity contribution in [2.75, 3.05) is 0 Å². The zero-order valence-corrected chi connectivity index (χ0v) is 37.0. The summed E-state index contributed by atoms with van der Waals surface area (Å²) in [7, 11) is 0. The number of rotatable bonds is 7. The van der Waals surface area contributed by atoms with E-state index in [1.165, 1.54) is 5.56 Å². The topological polar surface area (TPSA) is 50.9 Å². The predicted molar refractivity (Wildman–Crippen MR) is 245 cm³/mol. The van der Waals surface area contributed by atoms with Gasteiger partial charge in [-0.3, -0.25) is 9.55 Å². The second kappa shape index (κ2) is 16.4. The summed E-state index contributed by atoms with van der Waals surface area (Å²) in [6.07, 6.45) is 1.88. The van der Waals surface area contributed by atoms with Gasteiger partial charge in [-0.1, -0.05) is 164 Å². The minimum atomic E-state index is -0.150. The molecule has 9 aromatic rings. The van der Waals surface area contributed by atoms with E-state index in [2.05, 4.69) is 191 Å². The normalized spacial score (nSPS) is 11.4. The van der Waals surface area contributed by atoms with Gasteiger partial charge in [0.25, 0.3) is 0 Å². The fraction of sp³-hybridized carbons (Fsp3) is 0.127. The van der Waals surface area contributed by atoms with E-state index in [-0.39, 0.29) is 32.2 Å². The van der Waals surface area contributed by atoms with Gasteiger partial charge in [0.15, 0.2) is 0 Å². The summed E-state index contributed by atoms with van der Waals surface area (Å²) >= 11 is 0. The van der Waals surface area contributed by atoms with Crippen molar-refractivity contribution in [2.24, 2.45) is 0 Å². The molecule has 2 aromatic heterocycles. The van der Waals surface area contributed by atoms with Crippen LogP contribution in [0, 0.1) is 26.8 Å². The van der Waals surface area contributed by atoms with E-state index < -0.39 is 0 Å². The van der Waals surface area contributed by atoms with E-state index in [1.54, 1.807) is 0 Å². The second-order valence-corrected chi connectivity index (χ2v) is 16.6. The fourth-order valence-electron chi connectivity index (χ4n) is 7.97. The number of hydrogen-bond acceptors (Lipinski definition) is 3. The summed E-state index contributed by atoms with van der Waals surface area (Å²) < 4.78 is 2.23. The third-order valence-corrected chi connectivity index (χ3v) is 11.3. The average Bonchev–Trinajstić information content (AvgIpc) is 3.64. The second-order valence-electron chi connectivity index (χ2n) is 16.6. The summed E-state index contributed by atoms with van der Waals surface area (Å²) in [5, 5.41) is 11.9.